The van der Waals surface area contributed by atoms with E-state index in [1.807, 2.05) is 80.8 Å². The van der Waals surface area contributed by atoms with Crippen LogP contribution in [0.1, 0.15) is 34.6 Å². The van der Waals surface area contributed by atoms with Gasteiger partial charge in [-0.1, -0.05) is 42.5 Å². The number of hydrogen-bond acceptors (Lipinski definition) is 5. The number of nitriles is 1. The summed E-state index contributed by atoms with van der Waals surface area (Å²) in [5, 5.41) is 25.2. The lowest BCUT2D eigenvalue weighted by Gasteiger charge is -2.39. The molecule has 2 atom stereocenters. The molecule has 5 rings (SSSR count). The number of ether oxygens (including phenoxy) is 1. The van der Waals surface area contributed by atoms with Gasteiger partial charge in [-0.3, -0.25) is 0 Å². The van der Waals surface area contributed by atoms with Crippen LogP contribution in [-0.4, -0.2) is 37.8 Å². The molecule has 0 spiro atoms. The molecular weight excluding hydrogens is 460 g/mol. The summed E-state index contributed by atoms with van der Waals surface area (Å²) in [6.45, 7) is 0.678. The van der Waals surface area contributed by atoms with Crippen molar-refractivity contribution in [1.29, 1.82) is 5.26 Å². The van der Waals surface area contributed by atoms with Crippen LogP contribution in [-0.2, 0) is 5.60 Å². The van der Waals surface area contributed by atoms with E-state index in [0.717, 1.165) is 38.4 Å². The van der Waals surface area contributed by atoms with E-state index in [4.69, 9.17) is 9.15 Å². The molecule has 0 aliphatic rings. The lowest BCUT2D eigenvalue weighted by molar-refractivity contribution is 0.00405. The van der Waals surface area contributed by atoms with Gasteiger partial charge in [0, 0.05) is 23.4 Å². The fraction of sp³-hybridized carbons (Fsp3) is 0.219. The molecule has 0 fully saturated rings. The normalized spacial score (nSPS) is 13.9. The maximum atomic E-state index is 12.8. The highest BCUT2D eigenvalue weighted by molar-refractivity contribution is 5.87. The quantitative estimate of drug-likeness (QED) is 0.271. The van der Waals surface area contributed by atoms with Crippen LogP contribution in [0.25, 0.3) is 21.7 Å². The van der Waals surface area contributed by atoms with E-state index >= 15 is 0 Å². The predicted octanol–water partition coefficient (Wildman–Crippen LogP) is 6.44. The zero-order valence-electron chi connectivity index (χ0n) is 21.3. The highest BCUT2D eigenvalue weighted by atomic mass is 16.5. The van der Waals surface area contributed by atoms with Crippen LogP contribution in [0, 0.1) is 11.3 Å². The number of aliphatic hydroxyl groups is 1. The van der Waals surface area contributed by atoms with Crippen molar-refractivity contribution in [1.82, 2.24) is 4.90 Å². The minimum atomic E-state index is -1.27. The van der Waals surface area contributed by atoms with E-state index in [2.05, 4.69) is 29.2 Å². The predicted molar refractivity (Wildman–Crippen MR) is 147 cm³/mol. The molecular formula is C32H30N2O3. The monoisotopic (exact) mass is 490 g/mol. The van der Waals surface area contributed by atoms with Gasteiger partial charge < -0.3 is 19.2 Å². The zero-order chi connectivity index (χ0) is 26.0. The third-order valence-corrected chi connectivity index (χ3v) is 7.13. The summed E-state index contributed by atoms with van der Waals surface area (Å²) in [6.07, 6.45) is 2.16. The molecule has 4 aromatic carbocycles. The van der Waals surface area contributed by atoms with Crippen molar-refractivity contribution in [3.05, 3.63) is 113 Å². The number of hydrogen-bond donors (Lipinski definition) is 1. The number of nitrogens with zero attached hydrogens (tertiary/aromatic N) is 2. The fourth-order valence-corrected chi connectivity index (χ4v) is 5.21. The fourth-order valence-electron chi connectivity index (χ4n) is 5.21. The van der Waals surface area contributed by atoms with Gasteiger partial charge in [-0.25, -0.2) is 0 Å². The second kappa shape index (κ2) is 10.1. The summed E-state index contributed by atoms with van der Waals surface area (Å²) < 4.78 is 11.5. The van der Waals surface area contributed by atoms with Gasteiger partial charge in [0.25, 0.3) is 0 Å². The molecule has 0 radical (unpaired) electrons. The molecule has 0 aliphatic heterocycles. The Hall–Kier alpha value is -4.11. The number of fused-ring (bicyclic) bond motifs is 2. The van der Waals surface area contributed by atoms with Crippen LogP contribution in [0.5, 0.6) is 5.75 Å². The first kappa shape index (κ1) is 24.6. The Morgan fingerprint density at radius 1 is 0.946 bits per heavy atom. The molecule has 0 amide bonds. The van der Waals surface area contributed by atoms with Crippen LogP contribution < -0.4 is 4.74 Å². The maximum absolute atomic E-state index is 12.8. The van der Waals surface area contributed by atoms with E-state index in [1.54, 1.807) is 13.4 Å². The van der Waals surface area contributed by atoms with E-state index < -0.39 is 11.5 Å². The molecule has 1 N–H and O–H groups in total. The second-order valence-electron chi connectivity index (χ2n) is 9.76. The van der Waals surface area contributed by atoms with Crippen LogP contribution in [0.3, 0.4) is 0 Å². The van der Waals surface area contributed by atoms with Gasteiger partial charge in [0.15, 0.2) is 0 Å². The highest BCUT2D eigenvalue weighted by Crippen LogP contribution is 2.48. The molecule has 5 heteroatoms. The Bertz CT molecular complexity index is 1580. The molecule has 0 saturated carbocycles. The van der Waals surface area contributed by atoms with Crippen LogP contribution in [0.2, 0.25) is 0 Å². The molecule has 37 heavy (non-hydrogen) atoms. The minimum absolute atomic E-state index is 0.442. The van der Waals surface area contributed by atoms with Crippen LogP contribution >= 0.6 is 0 Å². The maximum Gasteiger partial charge on any atom is 0.133 e. The third-order valence-electron chi connectivity index (χ3n) is 7.13. The molecule has 186 valence electrons. The van der Waals surface area contributed by atoms with Gasteiger partial charge >= 0.3 is 0 Å². The van der Waals surface area contributed by atoms with Crippen molar-refractivity contribution in [2.45, 2.75) is 17.9 Å². The third kappa shape index (κ3) is 4.70. The van der Waals surface area contributed by atoms with Crippen LogP contribution in [0.15, 0.2) is 95.6 Å². The first-order valence-corrected chi connectivity index (χ1v) is 12.3. The Morgan fingerprint density at radius 2 is 1.76 bits per heavy atom. The molecule has 0 bridgehead atoms. The Labute approximate surface area is 217 Å². The van der Waals surface area contributed by atoms with Crippen molar-refractivity contribution < 1.29 is 14.3 Å². The summed E-state index contributed by atoms with van der Waals surface area (Å²) in [5.74, 6) is 0.252. The van der Waals surface area contributed by atoms with Crippen molar-refractivity contribution in [3.8, 4) is 11.8 Å². The summed E-state index contributed by atoms with van der Waals surface area (Å²) in [6, 6.07) is 29.8. The number of methoxy groups -OCH3 is 1. The standard InChI is InChI=1S/C32H30N2O3/c1-34(2)15-14-32(35,27-11-12-29-25(18-27)13-16-37-29)31(23-7-5-4-6-8-23)28-19-26-17-22(21-33)9-10-24(26)20-30(28)36-3/h4-13,16-20,31,35H,14-15H2,1-3H3/t31-,32-/m1/s1. The van der Waals surface area contributed by atoms with E-state index in [1.165, 1.54) is 0 Å². The summed E-state index contributed by atoms with van der Waals surface area (Å²) in [7, 11) is 5.68. The topological polar surface area (TPSA) is 69.6 Å². The molecule has 0 unspecified atom stereocenters. The van der Waals surface area contributed by atoms with E-state index in [0.29, 0.717) is 24.3 Å². The van der Waals surface area contributed by atoms with Crippen molar-refractivity contribution in [2.24, 2.45) is 0 Å². The highest BCUT2D eigenvalue weighted by Gasteiger charge is 2.42. The number of benzene rings is 4. The minimum Gasteiger partial charge on any atom is -0.496 e. The van der Waals surface area contributed by atoms with Crippen molar-refractivity contribution in [2.75, 3.05) is 27.7 Å². The Morgan fingerprint density at radius 3 is 2.49 bits per heavy atom. The largest absolute Gasteiger partial charge is 0.496 e. The smallest absolute Gasteiger partial charge is 0.133 e. The summed E-state index contributed by atoms with van der Waals surface area (Å²) in [5.41, 5.74) is 2.75. The molecule has 0 saturated heterocycles. The number of furan rings is 1. The first-order chi connectivity index (χ1) is 17.9. The van der Waals surface area contributed by atoms with E-state index in [-0.39, 0.29) is 0 Å². The van der Waals surface area contributed by atoms with Gasteiger partial charge in [0.05, 0.1) is 25.0 Å². The second-order valence-corrected chi connectivity index (χ2v) is 9.76. The van der Waals surface area contributed by atoms with Gasteiger partial charge in [-0.2, -0.15) is 5.26 Å². The molecule has 5 aromatic rings. The first-order valence-electron chi connectivity index (χ1n) is 12.3. The van der Waals surface area contributed by atoms with Crippen molar-refractivity contribution in [3.63, 3.8) is 0 Å². The average Bonchev–Trinajstić information content (AvgIpc) is 3.40. The van der Waals surface area contributed by atoms with Gasteiger partial charge in [0.2, 0.25) is 0 Å². The van der Waals surface area contributed by atoms with Crippen molar-refractivity contribution >= 4 is 21.7 Å². The Kier molecular flexibility index (Phi) is 6.71. The lowest BCUT2D eigenvalue weighted by Crippen LogP contribution is -2.37. The van der Waals surface area contributed by atoms with Gasteiger partial charge in [-0.05, 0) is 84.9 Å². The zero-order valence-corrected chi connectivity index (χ0v) is 21.3. The molecule has 5 nitrogen and oxygen atoms in total. The number of rotatable bonds is 8. The summed E-state index contributed by atoms with van der Waals surface area (Å²) >= 11 is 0. The van der Waals surface area contributed by atoms with Gasteiger partial charge in [-0.15, -0.1) is 0 Å². The Balaban J connectivity index is 1.80. The molecule has 0 aliphatic carbocycles. The van der Waals surface area contributed by atoms with E-state index in [9.17, 15) is 10.4 Å². The molecule has 1 aromatic heterocycles. The lowest BCUT2D eigenvalue weighted by atomic mass is 9.71. The molecule has 1 heterocycles. The average molecular weight is 491 g/mol. The van der Waals surface area contributed by atoms with Crippen LogP contribution in [0.4, 0.5) is 0 Å². The van der Waals surface area contributed by atoms with Gasteiger partial charge in [0.1, 0.15) is 16.9 Å². The summed E-state index contributed by atoms with van der Waals surface area (Å²) in [4.78, 5) is 2.08. The SMILES string of the molecule is COc1cc2ccc(C#N)cc2cc1[C@@H](c1ccccc1)[C@@](O)(CCN(C)C)c1ccc2occc2c1.